The summed E-state index contributed by atoms with van der Waals surface area (Å²) in [5.41, 5.74) is 7.61. The van der Waals surface area contributed by atoms with Crippen molar-refractivity contribution in [1.82, 2.24) is 9.97 Å². The smallest absolute Gasteiger partial charge is 0.107 e. The van der Waals surface area contributed by atoms with E-state index in [0.29, 0.717) is 16.8 Å². The number of nitrogens with zero attached hydrogens (tertiary/aromatic N) is 4. The predicted octanol–water partition coefficient (Wildman–Crippen LogP) is 7.49. The van der Waals surface area contributed by atoms with Crippen molar-refractivity contribution < 1.29 is 20.1 Å². The van der Waals surface area contributed by atoms with Crippen LogP contribution in [0.2, 0.25) is 0 Å². The minimum absolute atomic E-state index is 0. The van der Waals surface area contributed by atoms with Crippen molar-refractivity contribution in [1.29, 1.82) is 5.26 Å². The van der Waals surface area contributed by atoms with Gasteiger partial charge in [0.15, 0.2) is 0 Å². The molecule has 2 heterocycles. The molecule has 5 rings (SSSR count). The van der Waals surface area contributed by atoms with Gasteiger partial charge >= 0.3 is 0 Å². The molecule has 175 valence electrons. The van der Waals surface area contributed by atoms with E-state index in [4.69, 9.17) is 11.8 Å². The third-order valence-corrected chi connectivity index (χ3v) is 5.14. The molecule has 0 unspecified atom stereocenters. The normalized spacial score (nSPS) is 9.53. The molecule has 0 fully saturated rings. The van der Waals surface area contributed by atoms with Crippen molar-refractivity contribution in [3.8, 4) is 39.7 Å². The maximum Gasteiger partial charge on any atom is 0.107 e. The standard InChI is InChI=1S/C17H12N.C14H8N3.Ir/c1-3-7-14(8-4-1)16-11-12-18-17(13-16)15-9-5-2-6-10-15;1-10-3-4-14(17-9-10)12-5-11(8-15)6-13(7-12)16-2;/h1-9,11-13H;3-6,9H,1H3;/q2*-1;. The molecule has 2 aromatic heterocycles. The van der Waals surface area contributed by atoms with Crippen LogP contribution in [0.3, 0.4) is 0 Å². The van der Waals surface area contributed by atoms with Gasteiger partial charge in [-0.05, 0) is 46.6 Å². The molecule has 0 spiro atoms. The summed E-state index contributed by atoms with van der Waals surface area (Å²) >= 11 is 0. The van der Waals surface area contributed by atoms with Gasteiger partial charge in [0.1, 0.15) is 5.69 Å². The monoisotopic (exact) mass is 641 g/mol. The Bertz CT molecular complexity index is 1410. The first-order valence-electron chi connectivity index (χ1n) is 10.9. The van der Waals surface area contributed by atoms with E-state index in [1.54, 1.807) is 12.3 Å². The fourth-order valence-electron chi connectivity index (χ4n) is 3.39. The molecule has 0 amide bonds. The van der Waals surface area contributed by atoms with Gasteiger partial charge in [-0.25, -0.2) is 0 Å². The zero-order chi connectivity index (χ0) is 24.5. The summed E-state index contributed by atoms with van der Waals surface area (Å²) in [5.74, 6) is 0. The Morgan fingerprint density at radius 3 is 2.31 bits per heavy atom. The third kappa shape index (κ3) is 6.81. The molecule has 0 aliphatic rings. The Balaban J connectivity index is 0.000000196. The second-order valence-electron chi connectivity index (χ2n) is 7.68. The van der Waals surface area contributed by atoms with Crippen molar-refractivity contribution in [2.24, 2.45) is 0 Å². The molecular formula is C31H20IrN4-2. The van der Waals surface area contributed by atoms with Gasteiger partial charge < -0.3 is 9.97 Å². The zero-order valence-corrected chi connectivity index (χ0v) is 21.8. The second-order valence-corrected chi connectivity index (χ2v) is 7.68. The molecule has 0 aliphatic carbocycles. The minimum Gasteiger partial charge on any atom is -0.305 e. The molecule has 0 aliphatic heterocycles. The van der Waals surface area contributed by atoms with Gasteiger partial charge in [-0.2, -0.15) is 5.26 Å². The molecule has 0 N–H and O–H groups in total. The van der Waals surface area contributed by atoms with Crippen LogP contribution < -0.4 is 0 Å². The first kappa shape index (κ1) is 26.2. The van der Waals surface area contributed by atoms with Gasteiger partial charge in [-0.3, -0.25) is 4.85 Å². The Hall–Kier alpha value is -4.41. The summed E-state index contributed by atoms with van der Waals surface area (Å²) in [6.45, 7) is 8.93. The van der Waals surface area contributed by atoms with Gasteiger partial charge in [0.25, 0.3) is 0 Å². The van der Waals surface area contributed by atoms with Crippen LogP contribution in [0, 0.1) is 37.0 Å². The predicted molar refractivity (Wildman–Crippen MR) is 138 cm³/mol. The Morgan fingerprint density at radius 2 is 1.64 bits per heavy atom. The summed E-state index contributed by atoms with van der Waals surface area (Å²) < 4.78 is 0. The maximum atomic E-state index is 8.89. The molecule has 0 saturated carbocycles. The topological polar surface area (TPSA) is 53.9 Å². The molecule has 5 heteroatoms. The summed E-state index contributed by atoms with van der Waals surface area (Å²) in [4.78, 5) is 12.0. The van der Waals surface area contributed by atoms with Crippen LogP contribution in [0.15, 0.2) is 103 Å². The quantitative estimate of drug-likeness (QED) is 0.192. The summed E-state index contributed by atoms with van der Waals surface area (Å²) in [6, 6.07) is 37.5. The molecule has 0 atom stereocenters. The Kier molecular flexibility index (Phi) is 9.38. The molecule has 1 radical (unpaired) electrons. The number of aromatic nitrogens is 2. The number of hydrogen-bond donors (Lipinski definition) is 0. The van der Waals surface area contributed by atoms with Crippen LogP contribution in [-0.4, -0.2) is 9.97 Å². The first-order chi connectivity index (χ1) is 17.2. The summed E-state index contributed by atoms with van der Waals surface area (Å²) in [7, 11) is 0. The molecular weight excluding hydrogens is 621 g/mol. The van der Waals surface area contributed by atoms with E-state index in [2.05, 4.69) is 45.1 Å². The number of pyridine rings is 2. The largest absolute Gasteiger partial charge is 0.305 e. The Morgan fingerprint density at radius 1 is 0.833 bits per heavy atom. The number of aryl methyl sites for hydroxylation is 1. The van der Waals surface area contributed by atoms with Crippen LogP contribution in [0.4, 0.5) is 5.69 Å². The second kappa shape index (κ2) is 12.9. The van der Waals surface area contributed by atoms with E-state index >= 15 is 0 Å². The van der Waals surface area contributed by atoms with Gasteiger partial charge in [0, 0.05) is 32.5 Å². The van der Waals surface area contributed by atoms with Crippen LogP contribution in [0.1, 0.15) is 11.1 Å². The van der Waals surface area contributed by atoms with E-state index in [9.17, 15) is 0 Å². The fraction of sp³-hybridized carbons (Fsp3) is 0.0323. The molecule has 5 aromatic rings. The SMILES string of the molecule is [C-]#[N+]c1[c-]c(-c2ccc(C)cn2)cc(C#N)c1.[Ir].[c-]1ccccc1-c1cc(-c2ccccc2)ccn1. The summed E-state index contributed by atoms with van der Waals surface area (Å²) in [5, 5.41) is 8.89. The van der Waals surface area contributed by atoms with E-state index in [0.717, 1.165) is 22.5 Å². The molecule has 36 heavy (non-hydrogen) atoms. The molecule has 0 bridgehead atoms. The van der Waals surface area contributed by atoms with Gasteiger partial charge in [-0.15, -0.1) is 59.7 Å². The van der Waals surface area contributed by atoms with Crippen molar-refractivity contribution >= 4 is 5.69 Å². The number of rotatable bonds is 3. The average molecular weight is 641 g/mol. The van der Waals surface area contributed by atoms with E-state index in [1.807, 2.05) is 79.9 Å². The van der Waals surface area contributed by atoms with Crippen LogP contribution in [0.5, 0.6) is 0 Å². The van der Waals surface area contributed by atoms with Gasteiger partial charge in [0.2, 0.25) is 0 Å². The maximum absolute atomic E-state index is 8.89. The number of nitriles is 1. The van der Waals surface area contributed by atoms with Crippen LogP contribution >= 0.6 is 0 Å². The molecule has 0 saturated heterocycles. The van der Waals surface area contributed by atoms with Crippen molar-refractivity contribution in [3.63, 3.8) is 0 Å². The fourth-order valence-corrected chi connectivity index (χ4v) is 3.39. The summed E-state index contributed by atoms with van der Waals surface area (Å²) in [6.07, 6.45) is 3.60. The van der Waals surface area contributed by atoms with Crippen molar-refractivity contribution in [2.75, 3.05) is 0 Å². The van der Waals surface area contributed by atoms with Crippen molar-refractivity contribution in [2.45, 2.75) is 6.92 Å². The zero-order valence-electron chi connectivity index (χ0n) is 19.4. The first-order valence-corrected chi connectivity index (χ1v) is 10.9. The van der Waals surface area contributed by atoms with E-state index < -0.39 is 0 Å². The molecule has 4 nitrogen and oxygen atoms in total. The van der Waals surface area contributed by atoms with Gasteiger partial charge in [-0.1, -0.05) is 48.5 Å². The number of benzene rings is 3. The van der Waals surface area contributed by atoms with Crippen molar-refractivity contribution in [3.05, 3.63) is 138 Å². The third-order valence-electron chi connectivity index (χ3n) is 5.14. The van der Waals surface area contributed by atoms with Crippen LogP contribution in [-0.2, 0) is 20.1 Å². The Labute approximate surface area is 225 Å². The van der Waals surface area contributed by atoms with E-state index in [-0.39, 0.29) is 20.1 Å². The number of hydrogen-bond acceptors (Lipinski definition) is 3. The molecule has 3 aromatic carbocycles. The van der Waals surface area contributed by atoms with Gasteiger partial charge in [0.05, 0.1) is 12.6 Å². The minimum atomic E-state index is 0. The average Bonchev–Trinajstić information content (AvgIpc) is 2.94. The van der Waals surface area contributed by atoms with Crippen LogP contribution in [0.25, 0.3) is 38.5 Å². The van der Waals surface area contributed by atoms with E-state index in [1.165, 1.54) is 17.2 Å².